The first-order chi connectivity index (χ1) is 4.74. The van der Waals surface area contributed by atoms with Crippen molar-refractivity contribution >= 4 is 23.7 Å². The number of rotatable bonds is 1. The number of carbonyl (C=O) groups excluding carboxylic acids is 1. The number of carbonyl (C=O) groups is 1. The van der Waals surface area contributed by atoms with Crippen molar-refractivity contribution in [2.75, 3.05) is 5.73 Å². The second-order valence-electron chi connectivity index (χ2n) is 1.60. The van der Waals surface area contributed by atoms with E-state index in [1.165, 1.54) is 6.20 Å². The highest BCUT2D eigenvalue weighted by Gasteiger charge is 1.99. The quantitative estimate of drug-likeness (QED) is 0.477. The van der Waals surface area contributed by atoms with Gasteiger partial charge >= 0.3 is 0 Å². The van der Waals surface area contributed by atoms with E-state index in [9.17, 15) is 4.79 Å². The Labute approximate surface area is 62.0 Å². The molecule has 0 aromatic carbocycles. The molecule has 0 saturated heterocycles. The van der Waals surface area contributed by atoms with Gasteiger partial charge in [0.25, 0.3) is 0 Å². The summed E-state index contributed by atoms with van der Waals surface area (Å²) >= 11 is 5.36. The third-order valence-corrected chi connectivity index (χ3v) is 1.13. The number of nitrogens with two attached hydrogens (primary N) is 1. The van der Waals surface area contributed by atoms with E-state index in [2.05, 4.69) is 9.97 Å². The van der Waals surface area contributed by atoms with Crippen molar-refractivity contribution in [2.45, 2.75) is 0 Å². The molecule has 2 N–H and O–H groups in total. The Balaban J connectivity index is 3.19. The Bertz CT molecular complexity index is 263. The Kier molecular flexibility index (Phi) is 1.82. The Morgan fingerprint density at radius 1 is 1.70 bits per heavy atom. The summed E-state index contributed by atoms with van der Waals surface area (Å²) in [6.45, 7) is 0. The highest BCUT2D eigenvalue weighted by atomic mass is 35.5. The van der Waals surface area contributed by atoms with Gasteiger partial charge in [-0.15, -0.1) is 0 Å². The van der Waals surface area contributed by atoms with Crippen molar-refractivity contribution in [3.63, 3.8) is 0 Å². The zero-order valence-corrected chi connectivity index (χ0v) is 5.67. The maximum absolute atomic E-state index is 10.1. The largest absolute Gasteiger partial charge is 0.383 e. The van der Waals surface area contributed by atoms with Crippen molar-refractivity contribution < 1.29 is 4.79 Å². The van der Waals surface area contributed by atoms with Crippen molar-refractivity contribution in [1.29, 1.82) is 0 Å². The van der Waals surface area contributed by atoms with Crippen LogP contribution in [0.25, 0.3) is 0 Å². The molecule has 5 heteroatoms. The molecule has 1 aromatic heterocycles. The lowest BCUT2D eigenvalue weighted by Crippen LogP contribution is -1.97. The normalized spacial score (nSPS) is 9.30. The van der Waals surface area contributed by atoms with E-state index in [1.807, 2.05) is 0 Å². The van der Waals surface area contributed by atoms with Gasteiger partial charge in [0.15, 0.2) is 6.29 Å². The van der Waals surface area contributed by atoms with Crippen LogP contribution < -0.4 is 5.73 Å². The van der Waals surface area contributed by atoms with E-state index in [4.69, 9.17) is 17.3 Å². The first-order valence-electron chi connectivity index (χ1n) is 2.47. The standard InChI is InChI=1S/C5H4ClN3O/c6-5-8-1-3(2-10)4(7)9-5/h1-2H,(H2,7,8,9). The van der Waals surface area contributed by atoms with Crippen LogP contribution in [0.1, 0.15) is 10.4 Å². The molecule has 0 radical (unpaired) electrons. The van der Waals surface area contributed by atoms with Gasteiger partial charge in [-0.1, -0.05) is 0 Å². The third kappa shape index (κ3) is 1.22. The van der Waals surface area contributed by atoms with Gasteiger partial charge in [0.05, 0.1) is 5.56 Å². The van der Waals surface area contributed by atoms with E-state index in [0.717, 1.165) is 0 Å². The summed E-state index contributed by atoms with van der Waals surface area (Å²) in [5, 5.41) is 0.0445. The van der Waals surface area contributed by atoms with Crippen molar-refractivity contribution in [2.24, 2.45) is 0 Å². The topological polar surface area (TPSA) is 68.9 Å². The monoisotopic (exact) mass is 157 g/mol. The maximum atomic E-state index is 10.1. The van der Waals surface area contributed by atoms with Crippen LogP contribution in [0.2, 0.25) is 5.28 Å². The summed E-state index contributed by atoms with van der Waals surface area (Å²) in [7, 11) is 0. The third-order valence-electron chi connectivity index (χ3n) is 0.946. The Hall–Kier alpha value is -1.16. The number of aldehydes is 1. The van der Waals surface area contributed by atoms with Crippen LogP contribution in [0, 0.1) is 0 Å². The van der Waals surface area contributed by atoms with E-state index >= 15 is 0 Å². The number of hydrogen-bond acceptors (Lipinski definition) is 4. The Morgan fingerprint density at radius 2 is 2.40 bits per heavy atom. The molecule has 1 rings (SSSR count). The number of nitrogen functional groups attached to an aromatic ring is 1. The van der Waals surface area contributed by atoms with E-state index in [0.29, 0.717) is 6.29 Å². The molecular weight excluding hydrogens is 154 g/mol. The van der Waals surface area contributed by atoms with Gasteiger partial charge in [-0.3, -0.25) is 4.79 Å². The van der Waals surface area contributed by atoms with Gasteiger partial charge in [-0.05, 0) is 11.6 Å². The minimum absolute atomic E-state index is 0.0445. The maximum Gasteiger partial charge on any atom is 0.224 e. The van der Waals surface area contributed by atoms with Gasteiger partial charge in [0, 0.05) is 6.20 Å². The van der Waals surface area contributed by atoms with Gasteiger partial charge in [0.1, 0.15) is 5.82 Å². The molecule has 0 aliphatic rings. The van der Waals surface area contributed by atoms with Crippen molar-refractivity contribution in [3.8, 4) is 0 Å². The van der Waals surface area contributed by atoms with Crippen molar-refractivity contribution in [1.82, 2.24) is 9.97 Å². The van der Waals surface area contributed by atoms with Gasteiger partial charge in [0.2, 0.25) is 5.28 Å². The van der Waals surface area contributed by atoms with E-state index in [-0.39, 0.29) is 16.7 Å². The highest BCUT2D eigenvalue weighted by Crippen LogP contribution is 2.06. The minimum atomic E-state index is 0.0445. The summed E-state index contributed by atoms with van der Waals surface area (Å²) in [6, 6.07) is 0. The summed E-state index contributed by atoms with van der Waals surface area (Å²) < 4.78 is 0. The lowest BCUT2D eigenvalue weighted by Gasteiger charge is -1.94. The minimum Gasteiger partial charge on any atom is -0.383 e. The summed E-state index contributed by atoms with van der Waals surface area (Å²) in [5.41, 5.74) is 5.52. The molecule has 0 bridgehead atoms. The molecule has 52 valence electrons. The molecule has 0 saturated carbocycles. The zero-order valence-electron chi connectivity index (χ0n) is 4.91. The molecule has 10 heavy (non-hydrogen) atoms. The summed E-state index contributed by atoms with van der Waals surface area (Å²) in [6.07, 6.45) is 1.85. The molecule has 4 nitrogen and oxygen atoms in total. The first kappa shape index (κ1) is 6.95. The summed E-state index contributed by atoms with van der Waals surface area (Å²) in [4.78, 5) is 17.2. The molecule has 0 aliphatic heterocycles. The smallest absolute Gasteiger partial charge is 0.224 e. The molecule has 1 heterocycles. The highest BCUT2D eigenvalue weighted by molar-refractivity contribution is 6.28. The lowest BCUT2D eigenvalue weighted by atomic mass is 10.3. The molecule has 0 fully saturated rings. The molecule has 0 spiro atoms. The molecule has 0 aliphatic carbocycles. The number of hydrogen-bond donors (Lipinski definition) is 1. The van der Waals surface area contributed by atoms with Gasteiger partial charge in [-0.25, -0.2) is 9.97 Å². The first-order valence-corrected chi connectivity index (χ1v) is 2.85. The number of aromatic nitrogens is 2. The molecule has 0 amide bonds. The second kappa shape index (κ2) is 2.62. The molecular formula is C5H4ClN3O. The molecule has 0 unspecified atom stereocenters. The predicted octanol–water partition coefficient (Wildman–Crippen LogP) is 0.525. The van der Waals surface area contributed by atoms with Crippen LogP contribution >= 0.6 is 11.6 Å². The predicted molar refractivity (Wildman–Crippen MR) is 36.8 cm³/mol. The fraction of sp³-hybridized carbons (Fsp3) is 0. The SMILES string of the molecule is Nc1nc(Cl)ncc1C=O. The average molecular weight is 158 g/mol. The van der Waals surface area contributed by atoms with Crippen LogP contribution in [0.15, 0.2) is 6.20 Å². The van der Waals surface area contributed by atoms with E-state index in [1.54, 1.807) is 0 Å². The van der Waals surface area contributed by atoms with Gasteiger partial charge in [-0.2, -0.15) is 0 Å². The van der Waals surface area contributed by atoms with Crippen LogP contribution in [-0.4, -0.2) is 16.3 Å². The molecule has 1 aromatic rings. The van der Waals surface area contributed by atoms with Crippen molar-refractivity contribution in [3.05, 3.63) is 17.0 Å². The van der Waals surface area contributed by atoms with Crippen LogP contribution in [0.4, 0.5) is 5.82 Å². The molecule has 0 atom stereocenters. The average Bonchev–Trinajstić information content (AvgIpc) is 1.88. The number of nitrogens with zero attached hydrogens (tertiary/aromatic N) is 2. The fourth-order valence-corrected chi connectivity index (χ4v) is 0.612. The zero-order chi connectivity index (χ0) is 7.56. The Morgan fingerprint density at radius 3 is 2.90 bits per heavy atom. The second-order valence-corrected chi connectivity index (χ2v) is 1.94. The number of anilines is 1. The van der Waals surface area contributed by atoms with Crippen LogP contribution in [-0.2, 0) is 0 Å². The van der Waals surface area contributed by atoms with Crippen LogP contribution in [0.5, 0.6) is 0 Å². The summed E-state index contributed by atoms with van der Waals surface area (Å²) in [5.74, 6) is 0.106. The number of halogens is 1. The van der Waals surface area contributed by atoms with Crippen LogP contribution in [0.3, 0.4) is 0 Å². The fourth-order valence-electron chi connectivity index (χ4n) is 0.473. The van der Waals surface area contributed by atoms with E-state index < -0.39 is 0 Å². The van der Waals surface area contributed by atoms with Gasteiger partial charge < -0.3 is 5.73 Å². The lowest BCUT2D eigenvalue weighted by molar-refractivity contribution is 0.112.